The number of amides is 2. The smallest absolute Gasteiger partial charge is 0.257 e. The van der Waals surface area contributed by atoms with Gasteiger partial charge < -0.3 is 10.2 Å². The average Bonchev–Trinajstić information content (AvgIpc) is 3.51. The molecule has 1 aliphatic heterocycles. The minimum Gasteiger partial charge on any atom is -0.335 e. The second-order valence-corrected chi connectivity index (χ2v) is 7.71. The molecule has 3 aromatic rings. The van der Waals surface area contributed by atoms with Gasteiger partial charge in [0.1, 0.15) is 0 Å². The zero-order chi connectivity index (χ0) is 19.8. The van der Waals surface area contributed by atoms with E-state index in [1.165, 1.54) is 12.6 Å². The van der Waals surface area contributed by atoms with Crippen LogP contribution in [0.5, 0.6) is 0 Å². The third kappa shape index (κ3) is 3.40. The Balaban J connectivity index is 1.27. The maximum atomic E-state index is 12.8. The van der Waals surface area contributed by atoms with Crippen LogP contribution >= 0.6 is 0 Å². The van der Waals surface area contributed by atoms with Crippen LogP contribution in [0.2, 0.25) is 0 Å². The fourth-order valence-corrected chi connectivity index (χ4v) is 4.32. The van der Waals surface area contributed by atoms with Crippen LogP contribution in [0.3, 0.4) is 0 Å². The summed E-state index contributed by atoms with van der Waals surface area (Å²) in [4.78, 5) is 31.0. The largest absolute Gasteiger partial charge is 0.335 e. The van der Waals surface area contributed by atoms with E-state index >= 15 is 0 Å². The number of hydrogen-bond acceptors (Lipinski definition) is 4. The fraction of sp³-hybridized carbons (Fsp3) is 0.273. The minimum atomic E-state index is -0.237. The average molecular weight is 387 g/mol. The zero-order valence-corrected chi connectivity index (χ0v) is 15.9. The highest BCUT2D eigenvalue weighted by Crippen LogP contribution is 2.38. The van der Waals surface area contributed by atoms with E-state index in [1.54, 1.807) is 35.4 Å². The number of carbonyl (C=O) groups is 2. The van der Waals surface area contributed by atoms with Crippen LogP contribution in [-0.4, -0.2) is 44.1 Å². The first kappa shape index (κ1) is 17.6. The number of nitrogens with zero attached hydrogens (tertiary/aromatic N) is 4. The van der Waals surface area contributed by atoms with E-state index in [0.29, 0.717) is 28.8 Å². The molecule has 3 heterocycles. The van der Waals surface area contributed by atoms with Gasteiger partial charge in [-0.25, -0.2) is 4.68 Å². The summed E-state index contributed by atoms with van der Waals surface area (Å²) in [5.41, 5.74) is 2.61. The number of fused-ring (bicyclic) bond motifs is 2. The molecule has 1 N–H and O–H groups in total. The summed E-state index contributed by atoms with van der Waals surface area (Å²) >= 11 is 0. The van der Waals surface area contributed by atoms with E-state index in [1.807, 2.05) is 29.2 Å². The van der Waals surface area contributed by atoms with Crippen molar-refractivity contribution in [3.8, 4) is 5.69 Å². The highest BCUT2D eigenvalue weighted by molar-refractivity contribution is 6.03. The standard InChI is InChI=1S/C22H21N5O2/c28-21(17-2-1-9-23-11-17)25-18-12-24-27(14-18)19-7-4-16(5-8-19)22(29)26-13-15-3-6-20(26)10-15/h1-2,4-5,7-9,11-12,14-15,20H,3,6,10,13H2,(H,25,28)/t15-,20-/m0/s1. The molecule has 5 rings (SSSR count). The third-order valence-corrected chi connectivity index (χ3v) is 5.81. The van der Waals surface area contributed by atoms with Crippen molar-refractivity contribution in [2.45, 2.75) is 25.3 Å². The van der Waals surface area contributed by atoms with Crippen LogP contribution in [0.4, 0.5) is 5.69 Å². The molecule has 146 valence electrons. The van der Waals surface area contributed by atoms with Crippen LogP contribution in [0.1, 0.15) is 40.0 Å². The first-order valence-corrected chi connectivity index (χ1v) is 9.85. The molecule has 2 bridgehead atoms. The minimum absolute atomic E-state index is 0.119. The number of carbonyl (C=O) groups excluding carboxylic acids is 2. The summed E-state index contributed by atoms with van der Waals surface area (Å²) in [5.74, 6) is 0.569. The van der Waals surface area contributed by atoms with Crippen molar-refractivity contribution in [3.63, 3.8) is 0 Å². The molecule has 1 aromatic carbocycles. The van der Waals surface area contributed by atoms with Crippen molar-refractivity contribution in [2.24, 2.45) is 5.92 Å². The van der Waals surface area contributed by atoms with Crippen molar-refractivity contribution < 1.29 is 9.59 Å². The second-order valence-electron chi connectivity index (χ2n) is 7.71. The van der Waals surface area contributed by atoms with Crippen molar-refractivity contribution >= 4 is 17.5 Å². The van der Waals surface area contributed by atoms with Crippen molar-refractivity contribution in [1.29, 1.82) is 0 Å². The topological polar surface area (TPSA) is 80.1 Å². The number of nitrogens with one attached hydrogen (secondary N) is 1. The van der Waals surface area contributed by atoms with Gasteiger partial charge in [-0.1, -0.05) is 0 Å². The number of anilines is 1. The Morgan fingerprint density at radius 3 is 2.59 bits per heavy atom. The molecule has 2 atom stereocenters. The highest BCUT2D eigenvalue weighted by atomic mass is 16.2. The first-order chi connectivity index (χ1) is 14.2. The molecule has 29 heavy (non-hydrogen) atoms. The Hall–Kier alpha value is -3.48. The van der Waals surface area contributed by atoms with Crippen LogP contribution < -0.4 is 5.32 Å². The number of likely N-dealkylation sites (tertiary alicyclic amines) is 1. The van der Waals surface area contributed by atoms with Gasteiger partial charge in [-0.2, -0.15) is 5.10 Å². The lowest BCUT2D eigenvalue weighted by Crippen LogP contribution is -2.37. The quantitative estimate of drug-likeness (QED) is 0.746. The predicted molar refractivity (Wildman–Crippen MR) is 108 cm³/mol. The number of rotatable bonds is 4. The lowest BCUT2D eigenvalue weighted by atomic mass is 10.1. The third-order valence-electron chi connectivity index (χ3n) is 5.81. The molecular formula is C22H21N5O2. The Morgan fingerprint density at radius 1 is 1.03 bits per heavy atom. The summed E-state index contributed by atoms with van der Waals surface area (Å²) in [6.07, 6.45) is 10.0. The first-order valence-electron chi connectivity index (χ1n) is 9.85. The molecule has 1 saturated carbocycles. The SMILES string of the molecule is O=C(Nc1cnn(-c2ccc(C(=O)N3C[C@H]4CC[C@H]3C4)cc2)c1)c1cccnc1. The number of benzene rings is 1. The Bertz CT molecular complexity index is 1040. The summed E-state index contributed by atoms with van der Waals surface area (Å²) < 4.78 is 1.67. The summed E-state index contributed by atoms with van der Waals surface area (Å²) in [6.45, 7) is 0.893. The van der Waals surface area contributed by atoms with Gasteiger partial charge in [0.2, 0.25) is 0 Å². The van der Waals surface area contributed by atoms with Crippen LogP contribution in [0.25, 0.3) is 5.69 Å². The van der Waals surface area contributed by atoms with Gasteiger partial charge >= 0.3 is 0 Å². The molecule has 2 aliphatic rings. The number of piperidine rings is 1. The van der Waals surface area contributed by atoms with Crippen molar-refractivity contribution in [2.75, 3.05) is 11.9 Å². The van der Waals surface area contributed by atoms with Gasteiger partial charge in [-0.05, 0) is 61.6 Å². The van der Waals surface area contributed by atoms with Crippen LogP contribution in [0, 0.1) is 5.92 Å². The lowest BCUT2D eigenvalue weighted by Gasteiger charge is -2.27. The summed E-state index contributed by atoms with van der Waals surface area (Å²) in [7, 11) is 0. The Morgan fingerprint density at radius 2 is 1.90 bits per heavy atom. The van der Waals surface area contributed by atoms with Gasteiger partial charge in [0.25, 0.3) is 11.8 Å². The summed E-state index contributed by atoms with van der Waals surface area (Å²) in [5, 5.41) is 7.11. The van der Waals surface area contributed by atoms with Gasteiger partial charge in [0.15, 0.2) is 0 Å². The van der Waals surface area contributed by atoms with Gasteiger partial charge in [-0.3, -0.25) is 14.6 Å². The molecule has 2 aromatic heterocycles. The zero-order valence-electron chi connectivity index (χ0n) is 15.9. The van der Waals surface area contributed by atoms with Gasteiger partial charge in [0, 0.05) is 30.5 Å². The second kappa shape index (κ2) is 7.16. The Labute approximate surface area is 168 Å². The predicted octanol–water partition coefficient (Wildman–Crippen LogP) is 3.14. The molecule has 2 amide bonds. The number of pyridine rings is 1. The molecule has 1 saturated heterocycles. The van der Waals surface area contributed by atoms with Crippen LogP contribution in [0.15, 0.2) is 61.2 Å². The molecule has 1 aliphatic carbocycles. The van der Waals surface area contributed by atoms with Gasteiger partial charge in [0.05, 0.1) is 29.3 Å². The maximum Gasteiger partial charge on any atom is 0.257 e. The monoisotopic (exact) mass is 387 g/mol. The van der Waals surface area contributed by atoms with E-state index in [4.69, 9.17) is 0 Å². The normalized spacial score (nSPS) is 20.1. The molecular weight excluding hydrogens is 366 g/mol. The number of aromatic nitrogens is 3. The van der Waals surface area contributed by atoms with E-state index in [9.17, 15) is 9.59 Å². The van der Waals surface area contributed by atoms with E-state index in [-0.39, 0.29) is 11.8 Å². The molecule has 0 spiro atoms. The maximum absolute atomic E-state index is 12.8. The lowest BCUT2D eigenvalue weighted by molar-refractivity contribution is 0.0703. The van der Waals surface area contributed by atoms with E-state index < -0.39 is 0 Å². The summed E-state index contributed by atoms with van der Waals surface area (Å²) in [6, 6.07) is 11.3. The molecule has 0 unspecified atom stereocenters. The molecule has 7 heteroatoms. The van der Waals surface area contributed by atoms with Crippen LogP contribution in [-0.2, 0) is 0 Å². The van der Waals surface area contributed by atoms with Gasteiger partial charge in [-0.15, -0.1) is 0 Å². The number of hydrogen-bond donors (Lipinski definition) is 1. The highest BCUT2D eigenvalue weighted by Gasteiger charge is 2.40. The van der Waals surface area contributed by atoms with Crippen molar-refractivity contribution in [3.05, 3.63) is 72.3 Å². The molecule has 7 nitrogen and oxygen atoms in total. The molecule has 2 fully saturated rings. The molecule has 0 radical (unpaired) electrons. The Kier molecular flexibility index (Phi) is 4.35. The fourth-order valence-electron chi connectivity index (χ4n) is 4.32. The van der Waals surface area contributed by atoms with E-state index in [2.05, 4.69) is 15.4 Å². The van der Waals surface area contributed by atoms with E-state index in [0.717, 1.165) is 25.1 Å². The van der Waals surface area contributed by atoms with Crippen molar-refractivity contribution in [1.82, 2.24) is 19.7 Å².